The Morgan fingerprint density at radius 2 is 1.92 bits per heavy atom. The van der Waals surface area contributed by atoms with Gasteiger partial charge in [0.05, 0.1) is 0 Å². The summed E-state index contributed by atoms with van der Waals surface area (Å²) in [6.07, 6.45) is 6.06. The van der Waals surface area contributed by atoms with Crippen LogP contribution in [0.15, 0.2) is 55.1 Å². The summed E-state index contributed by atoms with van der Waals surface area (Å²) in [6.45, 7) is 7.66. The highest BCUT2D eigenvalue weighted by molar-refractivity contribution is 5.70. The number of hydrogen-bond donors (Lipinski definition) is 0. The topological polar surface area (TPSA) is 0 Å². The Morgan fingerprint density at radius 1 is 1.15 bits per heavy atom. The predicted octanol–water partition coefficient (Wildman–Crippen LogP) is 3.54. The Morgan fingerprint density at radius 3 is 2.62 bits per heavy atom. The summed E-state index contributed by atoms with van der Waals surface area (Å²) in [5.74, 6) is 0.341. The van der Waals surface area contributed by atoms with E-state index in [2.05, 4.69) is 43.5 Å². The van der Waals surface area contributed by atoms with Gasteiger partial charge in [-0.2, -0.15) is 0 Å². The van der Waals surface area contributed by atoms with Gasteiger partial charge in [0, 0.05) is 5.92 Å². The van der Waals surface area contributed by atoms with Gasteiger partial charge in [-0.25, -0.2) is 0 Å². The standard InChI is InChI=1S/C13H12/c1-3-10-9-11-7-5-6-8-13(11)12(10)4-2/h3-9,12H,1-2H2. The zero-order valence-electron chi connectivity index (χ0n) is 7.53. The molecule has 0 saturated carbocycles. The van der Waals surface area contributed by atoms with Crippen LogP contribution in [0.1, 0.15) is 17.0 Å². The van der Waals surface area contributed by atoms with Crippen LogP contribution < -0.4 is 0 Å². The summed E-state index contributed by atoms with van der Waals surface area (Å²) in [7, 11) is 0. The average molecular weight is 168 g/mol. The van der Waals surface area contributed by atoms with E-state index in [4.69, 9.17) is 0 Å². The molecule has 2 rings (SSSR count). The summed E-state index contributed by atoms with van der Waals surface area (Å²) >= 11 is 0. The molecule has 1 unspecified atom stereocenters. The molecular formula is C13H12. The normalized spacial score (nSPS) is 19.1. The van der Waals surface area contributed by atoms with Crippen molar-refractivity contribution in [3.63, 3.8) is 0 Å². The van der Waals surface area contributed by atoms with Crippen LogP contribution in [-0.4, -0.2) is 0 Å². The fourth-order valence-electron chi connectivity index (χ4n) is 1.82. The number of fused-ring (bicyclic) bond motifs is 1. The first kappa shape index (κ1) is 8.06. The fraction of sp³-hybridized carbons (Fsp3) is 0.0769. The van der Waals surface area contributed by atoms with E-state index >= 15 is 0 Å². The van der Waals surface area contributed by atoms with E-state index in [1.165, 1.54) is 16.7 Å². The molecule has 0 amide bonds. The van der Waals surface area contributed by atoms with Crippen LogP contribution in [-0.2, 0) is 0 Å². The first-order valence-electron chi connectivity index (χ1n) is 4.42. The van der Waals surface area contributed by atoms with Crippen molar-refractivity contribution in [2.24, 2.45) is 0 Å². The lowest BCUT2D eigenvalue weighted by molar-refractivity contribution is 1.07. The van der Waals surface area contributed by atoms with Gasteiger partial charge in [0.15, 0.2) is 0 Å². The summed E-state index contributed by atoms with van der Waals surface area (Å²) in [6, 6.07) is 8.40. The number of hydrogen-bond acceptors (Lipinski definition) is 0. The van der Waals surface area contributed by atoms with E-state index < -0.39 is 0 Å². The van der Waals surface area contributed by atoms with E-state index in [-0.39, 0.29) is 0 Å². The van der Waals surface area contributed by atoms with Gasteiger partial charge in [-0.15, -0.1) is 6.58 Å². The second-order valence-electron chi connectivity index (χ2n) is 3.19. The van der Waals surface area contributed by atoms with E-state index in [0.29, 0.717) is 5.92 Å². The molecule has 0 heteroatoms. The third-order valence-electron chi connectivity index (χ3n) is 2.48. The Kier molecular flexibility index (Phi) is 1.90. The van der Waals surface area contributed by atoms with E-state index in [0.717, 1.165) is 0 Å². The predicted molar refractivity (Wildman–Crippen MR) is 57.6 cm³/mol. The van der Waals surface area contributed by atoms with Crippen molar-refractivity contribution < 1.29 is 0 Å². The Hall–Kier alpha value is -1.56. The molecule has 0 nitrogen and oxygen atoms in total. The molecule has 1 aromatic rings. The van der Waals surface area contributed by atoms with Gasteiger partial charge < -0.3 is 0 Å². The third-order valence-corrected chi connectivity index (χ3v) is 2.48. The number of benzene rings is 1. The first-order valence-corrected chi connectivity index (χ1v) is 4.42. The molecule has 1 aliphatic carbocycles. The Labute approximate surface area is 78.9 Å². The molecule has 64 valence electrons. The summed E-state index contributed by atoms with van der Waals surface area (Å²) < 4.78 is 0. The van der Waals surface area contributed by atoms with Gasteiger partial charge in [-0.3, -0.25) is 0 Å². The highest BCUT2D eigenvalue weighted by atomic mass is 14.2. The van der Waals surface area contributed by atoms with Crippen LogP contribution in [0.2, 0.25) is 0 Å². The monoisotopic (exact) mass is 168 g/mol. The minimum absolute atomic E-state index is 0.341. The van der Waals surface area contributed by atoms with Gasteiger partial charge >= 0.3 is 0 Å². The molecule has 0 bridgehead atoms. The number of rotatable bonds is 2. The molecule has 13 heavy (non-hydrogen) atoms. The number of allylic oxidation sites excluding steroid dienone is 3. The molecule has 1 aromatic carbocycles. The second-order valence-corrected chi connectivity index (χ2v) is 3.19. The maximum Gasteiger partial charge on any atom is 0.0272 e. The quantitative estimate of drug-likeness (QED) is 0.592. The Balaban J connectivity index is 2.56. The molecule has 0 radical (unpaired) electrons. The van der Waals surface area contributed by atoms with Crippen LogP contribution >= 0.6 is 0 Å². The fourth-order valence-corrected chi connectivity index (χ4v) is 1.82. The molecule has 0 N–H and O–H groups in total. The van der Waals surface area contributed by atoms with Gasteiger partial charge in [0.1, 0.15) is 0 Å². The van der Waals surface area contributed by atoms with Crippen molar-refractivity contribution >= 4 is 6.08 Å². The minimum Gasteiger partial charge on any atom is -0.102 e. The highest BCUT2D eigenvalue weighted by Gasteiger charge is 2.19. The van der Waals surface area contributed by atoms with Crippen LogP contribution in [0.4, 0.5) is 0 Å². The molecule has 0 spiro atoms. The lowest BCUT2D eigenvalue weighted by Crippen LogP contribution is -1.91. The molecule has 0 heterocycles. The molecular weight excluding hydrogens is 156 g/mol. The van der Waals surface area contributed by atoms with E-state index in [1.807, 2.05) is 12.2 Å². The van der Waals surface area contributed by atoms with Crippen LogP contribution in [0.3, 0.4) is 0 Å². The molecule has 0 aromatic heterocycles. The zero-order valence-corrected chi connectivity index (χ0v) is 7.53. The van der Waals surface area contributed by atoms with Crippen molar-refractivity contribution in [3.05, 3.63) is 66.3 Å². The van der Waals surface area contributed by atoms with Crippen molar-refractivity contribution in [1.29, 1.82) is 0 Å². The summed E-state index contributed by atoms with van der Waals surface area (Å²) in [5.41, 5.74) is 3.88. The maximum absolute atomic E-state index is 3.85. The zero-order chi connectivity index (χ0) is 9.26. The van der Waals surface area contributed by atoms with Gasteiger partial charge in [0.2, 0.25) is 0 Å². The molecule has 0 aliphatic heterocycles. The van der Waals surface area contributed by atoms with Crippen molar-refractivity contribution in [2.75, 3.05) is 0 Å². The average Bonchev–Trinajstić information content (AvgIpc) is 2.55. The van der Waals surface area contributed by atoms with E-state index in [9.17, 15) is 0 Å². The lowest BCUT2D eigenvalue weighted by atomic mass is 9.96. The highest BCUT2D eigenvalue weighted by Crippen LogP contribution is 2.36. The van der Waals surface area contributed by atoms with Crippen molar-refractivity contribution in [2.45, 2.75) is 5.92 Å². The maximum atomic E-state index is 3.85. The van der Waals surface area contributed by atoms with Gasteiger partial charge in [0.25, 0.3) is 0 Å². The van der Waals surface area contributed by atoms with Crippen LogP contribution in [0, 0.1) is 0 Å². The molecule has 1 aliphatic rings. The minimum atomic E-state index is 0.341. The SMILES string of the molecule is C=CC1=Cc2ccccc2C1C=C. The third kappa shape index (κ3) is 1.15. The smallest absolute Gasteiger partial charge is 0.0272 e. The molecule has 0 fully saturated rings. The van der Waals surface area contributed by atoms with Crippen molar-refractivity contribution in [3.8, 4) is 0 Å². The molecule has 1 atom stereocenters. The molecule has 0 saturated heterocycles. The van der Waals surface area contributed by atoms with Crippen LogP contribution in [0.5, 0.6) is 0 Å². The lowest BCUT2D eigenvalue weighted by Gasteiger charge is -2.07. The second kappa shape index (κ2) is 3.06. The largest absolute Gasteiger partial charge is 0.102 e. The van der Waals surface area contributed by atoms with E-state index in [1.54, 1.807) is 0 Å². The first-order chi connectivity index (χ1) is 6.36. The summed E-state index contributed by atoms with van der Waals surface area (Å²) in [5, 5.41) is 0. The summed E-state index contributed by atoms with van der Waals surface area (Å²) in [4.78, 5) is 0. The van der Waals surface area contributed by atoms with Crippen molar-refractivity contribution in [1.82, 2.24) is 0 Å². The van der Waals surface area contributed by atoms with Crippen LogP contribution in [0.25, 0.3) is 6.08 Å². The van der Waals surface area contributed by atoms with Gasteiger partial charge in [-0.1, -0.05) is 49.1 Å². The van der Waals surface area contributed by atoms with Gasteiger partial charge in [-0.05, 0) is 16.7 Å². The Bertz CT molecular complexity index is 383.